The smallest absolute Gasteiger partial charge is 0.240 e. The van der Waals surface area contributed by atoms with E-state index in [2.05, 4.69) is 15.6 Å². The molecular weight excluding hydrogens is 353 g/mol. The Bertz CT molecular complexity index is 692. The number of anilines is 1. The molecular formula is C16H17ClFN3O2S. The molecule has 1 aliphatic carbocycles. The minimum absolute atomic E-state index is 0.0230. The second kappa shape index (κ2) is 7.53. The van der Waals surface area contributed by atoms with E-state index in [0.717, 1.165) is 12.8 Å². The summed E-state index contributed by atoms with van der Waals surface area (Å²) >= 11 is 6.97. The van der Waals surface area contributed by atoms with Crippen molar-refractivity contribution in [3.63, 3.8) is 0 Å². The summed E-state index contributed by atoms with van der Waals surface area (Å²) in [7, 11) is 0. The van der Waals surface area contributed by atoms with Crippen molar-refractivity contribution in [1.82, 2.24) is 5.32 Å². The summed E-state index contributed by atoms with van der Waals surface area (Å²) < 4.78 is 13.1. The van der Waals surface area contributed by atoms with Crippen LogP contribution in [0.25, 0.3) is 0 Å². The number of hydrogen-bond donors (Lipinski definition) is 2. The van der Waals surface area contributed by atoms with Gasteiger partial charge in [-0.3, -0.25) is 14.6 Å². The average Bonchev–Trinajstić information content (AvgIpc) is 3.14. The van der Waals surface area contributed by atoms with Crippen LogP contribution in [0.4, 0.5) is 10.1 Å². The van der Waals surface area contributed by atoms with E-state index in [1.54, 1.807) is 0 Å². The van der Waals surface area contributed by atoms with Crippen LogP contribution in [0.15, 0.2) is 23.2 Å². The van der Waals surface area contributed by atoms with Crippen LogP contribution in [-0.2, 0) is 9.59 Å². The largest absolute Gasteiger partial charge is 0.326 e. The number of carbonyl (C=O) groups is 2. The molecule has 2 amide bonds. The summed E-state index contributed by atoms with van der Waals surface area (Å²) in [6.45, 7) is 0. The third-order valence-corrected chi connectivity index (χ3v) is 5.36. The van der Waals surface area contributed by atoms with Gasteiger partial charge in [-0.05, 0) is 31.0 Å². The molecule has 1 atom stereocenters. The van der Waals surface area contributed by atoms with E-state index >= 15 is 0 Å². The maximum atomic E-state index is 13.1. The third-order valence-electron chi connectivity index (χ3n) is 3.98. The first-order chi connectivity index (χ1) is 11.5. The Balaban J connectivity index is 1.56. The SMILES string of the molecule is O=C(CC1SC(=NC2CCCC2)NC1=O)Nc1ccc(F)c(Cl)c1. The Morgan fingerprint density at radius 1 is 1.42 bits per heavy atom. The summed E-state index contributed by atoms with van der Waals surface area (Å²) in [6.07, 6.45) is 4.47. The van der Waals surface area contributed by atoms with Crippen molar-refractivity contribution < 1.29 is 14.0 Å². The molecule has 128 valence electrons. The number of hydrogen-bond acceptors (Lipinski definition) is 4. The van der Waals surface area contributed by atoms with E-state index in [4.69, 9.17) is 11.6 Å². The van der Waals surface area contributed by atoms with Crippen molar-refractivity contribution in [1.29, 1.82) is 0 Å². The van der Waals surface area contributed by atoms with E-state index in [1.807, 2.05) is 0 Å². The number of aliphatic imine (C=N–C) groups is 1. The number of nitrogens with one attached hydrogen (secondary N) is 2. The molecule has 1 saturated carbocycles. The van der Waals surface area contributed by atoms with E-state index in [1.165, 1.54) is 42.8 Å². The van der Waals surface area contributed by atoms with Gasteiger partial charge in [0.25, 0.3) is 0 Å². The molecule has 1 saturated heterocycles. The van der Waals surface area contributed by atoms with Crippen LogP contribution < -0.4 is 10.6 Å². The van der Waals surface area contributed by atoms with Gasteiger partial charge >= 0.3 is 0 Å². The quantitative estimate of drug-likeness (QED) is 0.855. The number of rotatable bonds is 4. The van der Waals surface area contributed by atoms with Crippen molar-refractivity contribution in [2.24, 2.45) is 4.99 Å². The number of amidine groups is 1. The molecule has 3 rings (SSSR count). The highest BCUT2D eigenvalue weighted by Crippen LogP contribution is 2.27. The van der Waals surface area contributed by atoms with Crippen molar-refractivity contribution in [2.75, 3.05) is 5.32 Å². The molecule has 1 unspecified atom stereocenters. The molecule has 2 N–H and O–H groups in total. The predicted octanol–water partition coefficient (Wildman–Crippen LogP) is 3.34. The number of nitrogens with zero attached hydrogens (tertiary/aromatic N) is 1. The molecule has 0 spiro atoms. The second-order valence-electron chi connectivity index (χ2n) is 5.85. The fraction of sp³-hybridized carbons (Fsp3) is 0.438. The summed E-state index contributed by atoms with van der Waals surface area (Å²) in [5.41, 5.74) is 0.398. The van der Waals surface area contributed by atoms with Crippen molar-refractivity contribution in [2.45, 2.75) is 43.4 Å². The number of carbonyl (C=O) groups excluding carboxylic acids is 2. The van der Waals surface area contributed by atoms with E-state index in [0.29, 0.717) is 10.9 Å². The van der Waals surface area contributed by atoms with Crippen LogP contribution >= 0.6 is 23.4 Å². The van der Waals surface area contributed by atoms with Crippen molar-refractivity contribution >= 4 is 46.0 Å². The lowest BCUT2D eigenvalue weighted by molar-refractivity contribution is -0.122. The van der Waals surface area contributed by atoms with Gasteiger partial charge < -0.3 is 10.6 Å². The van der Waals surface area contributed by atoms with Gasteiger partial charge in [0.05, 0.1) is 11.1 Å². The Hall–Kier alpha value is -1.60. The minimum atomic E-state index is -0.548. The highest BCUT2D eigenvalue weighted by molar-refractivity contribution is 8.15. The van der Waals surface area contributed by atoms with E-state index in [9.17, 15) is 14.0 Å². The van der Waals surface area contributed by atoms with Gasteiger partial charge in [-0.15, -0.1) is 0 Å². The maximum Gasteiger partial charge on any atom is 0.240 e. The second-order valence-corrected chi connectivity index (χ2v) is 7.45. The fourth-order valence-electron chi connectivity index (χ4n) is 2.75. The van der Waals surface area contributed by atoms with Crippen LogP contribution in [0.1, 0.15) is 32.1 Å². The monoisotopic (exact) mass is 369 g/mol. The van der Waals surface area contributed by atoms with Gasteiger partial charge in [0.1, 0.15) is 11.1 Å². The molecule has 2 fully saturated rings. The molecule has 0 radical (unpaired) electrons. The average molecular weight is 370 g/mol. The molecule has 1 heterocycles. The molecule has 1 aliphatic heterocycles. The fourth-order valence-corrected chi connectivity index (χ4v) is 3.97. The lowest BCUT2D eigenvalue weighted by Crippen LogP contribution is -2.28. The zero-order valence-corrected chi connectivity index (χ0v) is 14.4. The van der Waals surface area contributed by atoms with Crippen LogP contribution in [-0.4, -0.2) is 28.3 Å². The highest BCUT2D eigenvalue weighted by Gasteiger charge is 2.32. The molecule has 1 aromatic rings. The van der Waals surface area contributed by atoms with Gasteiger partial charge in [0, 0.05) is 12.1 Å². The van der Waals surface area contributed by atoms with Gasteiger partial charge in [-0.2, -0.15) is 0 Å². The standard InChI is InChI=1S/C16H17ClFN3O2S/c17-11-7-10(5-6-12(11)18)19-14(22)8-13-15(23)21-16(24-13)20-9-3-1-2-4-9/h5-7,9,13H,1-4,8H2,(H,19,22)(H,20,21,23). The number of amides is 2. The summed E-state index contributed by atoms with van der Waals surface area (Å²) in [6, 6.07) is 4.22. The molecule has 2 aliphatic rings. The number of benzene rings is 1. The minimum Gasteiger partial charge on any atom is -0.326 e. The Morgan fingerprint density at radius 2 is 2.17 bits per heavy atom. The normalized spacial score (nSPS) is 22.8. The molecule has 0 aromatic heterocycles. The first-order valence-corrected chi connectivity index (χ1v) is 9.07. The Kier molecular flexibility index (Phi) is 5.40. The number of halogens is 2. The topological polar surface area (TPSA) is 70.6 Å². The zero-order valence-electron chi connectivity index (χ0n) is 12.9. The Morgan fingerprint density at radius 3 is 2.88 bits per heavy atom. The predicted molar refractivity (Wildman–Crippen MR) is 93.9 cm³/mol. The summed E-state index contributed by atoms with van der Waals surface area (Å²) in [4.78, 5) is 28.6. The highest BCUT2D eigenvalue weighted by atomic mass is 35.5. The maximum absolute atomic E-state index is 13.1. The lowest BCUT2D eigenvalue weighted by atomic mass is 10.2. The third kappa shape index (κ3) is 4.27. The lowest BCUT2D eigenvalue weighted by Gasteiger charge is -2.08. The zero-order chi connectivity index (χ0) is 17.1. The van der Waals surface area contributed by atoms with Crippen LogP contribution in [0.5, 0.6) is 0 Å². The first kappa shape index (κ1) is 17.2. The number of thioether (sulfide) groups is 1. The van der Waals surface area contributed by atoms with Crippen LogP contribution in [0.2, 0.25) is 5.02 Å². The van der Waals surface area contributed by atoms with E-state index < -0.39 is 11.1 Å². The van der Waals surface area contributed by atoms with Crippen LogP contribution in [0.3, 0.4) is 0 Å². The van der Waals surface area contributed by atoms with Crippen LogP contribution in [0, 0.1) is 5.82 Å². The van der Waals surface area contributed by atoms with Gasteiger partial charge in [-0.1, -0.05) is 36.2 Å². The molecule has 0 bridgehead atoms. The molecule has 1 aromatic carbocycles. The van der Waals surface area contributed by atoms with Crippen molar-refractivity contribution in [3.8, 4) is 0 Å². The summed E-state index contributed by atoms with van der Waals surface area (Å²) in [5, 5.41) is 5.41. The van der Waals surface area contributed by atoms with E-state index in [-0.39, 0.29) is 29.3 Å². The first-order valence-electron chi connectivity index (χ1n) is 7.81. The van der Waals surface area contributed by atoms with Crippen molar-refractivity contribution in [3.05, 3.63) is 29.0 Å². The van der Waals surface area contributed by atoms with Gasteiger partial charge in [-0.25, -0.2) is 4.39 Å². The molecule has 24 heavy (non-hydrogen) atoms. The van der Waals surface area contributed by atoms with Gasteiger partial charge in [0.2, 0.25) is 11.8 Å². The molecule has 8 heteroatoms. The molecule has 5 nitrogen and oxygen atoms in total. The summed E-state index contributed by atoms with van der Waals surface area (Å²) in [5.74, 6) is -1.08. The van der Waals surface area contributed by atoms with Gasteiger partial charge in [0.15, 0.2) is 5.17 Å². The Labute approximate surface area is 148 Å².